The van der Waals surface area contributed by atoms with Gasteiger partial charge in [-0.3, -0.25) is 4.98 Å². The van der Waals surface area contributed by atoms with Crippen molar-refractivity contribution in [3.8, 4) is 0 Å². The van der Waals surface area contributed by atoms with Gasteiger partial charge in [-0.2, -0.15) is 0 Å². The first-order chi connectivity index (χ1) is 8.42. The Kier molecular flexibility index (Phi) is 4.51. The largest absolute Gasteiger partial charge is 0.265 e. The highest BCUT2D eigenvalue weighted by Crippen LogP contribution is 2.23. The van der Waals surface area contributed by atoms with E-state index in [2.05, 4.69) is 51.3 Å². The van der Waals surface area contributed by atoms with Crippen LogP contribution >= 0.6 is 15.9 Å². The number of hydrogen-bond donors (Lipinski definition) is 0. The molecular formula is C15H14BrN. The molecule has 0 saturated carbocycles. The summed E-state index contributed by atoms with van der Waals surface area (Å²) in [6.45, 7) is 0. The summed E-state index contributed by atoms with van der Waals surface area (Å²) in [4.78, 5) is 4.07. The monoisotopic (exact) mass is 287 g/mol. The van der Waals surface area contributed by atoms with Crippen LogP contribution in [-0.4, -0.2) is 10.3 Å². The van der Waals surface area contributed by atoms with Crippen molar-refractivity contribution >= 4 is 21.5 Å². The summed E-state index contributed by atoms with van der Waals surface area (Å²) in [7, 11) is 0. The van der Waals surface area contributed by atoms with E-state index in [-0.39, 0.29) is 0 Å². The maximum absolute atomic E-state index is 4.07. The molecule has 0 atom stereocenters. The van der Waals surface area contributed by atoms with Crippen LogP contribution in [0.5, 0.6) is 0 Å². The van der Waals surface area contributed by atoms with Gasteiger partial charge in [-0.05, 0) is 35.3 Å². The molecule has 1 heterocycles. The maximum atomic E-state index is 4.07. The number of pyridine rings is 1. The number of halogens is 1. The van der Waals surface area contributed by atoms with Crippen LogP contribution in [0.15, 0.2) is 60.9 Å². The average Bonchev–Trinajstić information content (AvgIpc) is 2.42. The summed E-state index contributed by atoms with van der Waals surface area (Å²) >= 11 is 3.47. The van der Waals surface area contributed by atoms with Gasteiger partial charge in [-0.15, -0.1) is 0 Å². The molecule has 2 heteroatoms. The van der Waals surface area contributed by atoms with Crippen LogP contribution in [-0.2, 0) is 0 Å². The van der Waals surface area contributed by atoms with Gasteiger partial charge in [0.1, 0.15) is 0 Å². The lowest BCUT2D eigenvalue weighted by Crippen LogP contribution is -1.88. The molecule has 0 saturated heterocycles. The van der Waals surface area contributed by atoms with Crippen LogP contribution < -0.4 is 0 Å². The summed E-state index contributed by atoms with van der Waals surface area (Å²) in [5.41, 5.74) is 3.74. The van der Waals surface area contributed by atoms with E-state index >= 15 is 0 Å². The van der Waals surface area contributed by atoms with Gasteiger partial charge in [-0.1, -0.05) is 52.3 Å². The number of allylic oxidation sites excluding steroid dienone is 1. The summed E-state index contributed by atoms with van der Waals surface area (Å²) in [5, 5.41) is 0.981. The van der Waals surface area contributed by atoms with E-state index in [1.165, 1.54) is 16.7 Å². The Labute approximate surface area is 110 Å². The van der Waals surface area contributed by atoms with E-state index in [0.717, 1.165) is 11.8 Å². The lowest BCUT2D eigenvalue weighted by Gasteiger charge is -2.07. The van der Waals surface area contributed by atoms with E-state index in [4.69, 9.17) is 0 Å². The van der Waals surface area contributed by atoms with E-state index < -0.39 is 0 Å². The van der Waals surface area contributed by atoms with Crippen molar-refractivity contribution in [2.45, 2.75) is 6.42 Å². The van der Waals surface area contributed by atoms with Crippen molar-refractivity contribution in [1.29, 1.82) is 0 Å². The van der Waals surface area contributed by atoms with Crippen molar-refractivity contribution in [3.05, 3.63) is 72.1 Å². The highest BCUT2D eigenvalue weighted by molar-refractivity contribution is 9.09. The molecule has 0 spiro atoms. The molecule has 0 bridgehead atoms. The van der Waals surface area contributed by atoms with E-state index in [1.54, 1.807) is 0 Å². The lowest BCUT2D eigenvalue weighted by molar-refractivity contribution is 1.25. The first-order valence-electron chi connectivity index (χ1n) is 5.64. The molecule has 0 aliphatic rings. The first kappa shape index (κ1) is 12.1. The third-order valence-corrected chi connectivity index (χ3v) is 2.99. The molecule has 0 aliphatic heterocycles. The van der Waals surface area contributed by atoms with Gasteiger partial charge in [0.05, 0.1) is 0 Å². The minimum absolute atomic E-state index is 0.981. The van der Waals surface area contributed by atoms with Crippen LogP contribution in [0.1, 0.15) is 17.5 Å². The molecule has 1 aromatic carbocycles. The third kappa shape index (κ3) is 3.27. The third-order valence-electron chi connectivity index (χ3n) is 2.53. The average molecular weight is 288 g/mol. The number of rotatable bonds is 4. The molecular weight excluding hydrogens is 274 g/mol. The Morgan fingerprint density at radius 3 is 2.29 bits per heavy atom. The molecule has 1 nitrogen and oxygen atoms in total. The molecule has 86 valence electrons. The molecule has 2 rings (SSSR count). The van der Waals surface area contributed by atoms with Crippen LogP contribution in [0.4, 0.5) is 0 Å². The molecule has 1 aromatic heterocycles. The smallest absolute Gasteiger partial charge is 0.0273 e. The van der Waals surface area contributed by atoms with Crippen molar-refractivity contribution < 1.29 is 0 Å². The summed E-state index contributed by atoms with van der Waals surface area (Å²) in [6.07, 6.45) is 6.95. The van der Waals surface area contributed by atoms with E-state index in [0.29, 0.717) is 0 Å². The van der Waals surface area contributed by atoms with Gasteiger partial charge in [-0.25, -0.2) is 0 Å². The number of hydrogen-bond acceptors (Lipinski definition) is 1. The normalized spacial score (nSPS) is 11.5. The van der Waals surface area contributed by atoms with Crippen molar-refractivity contribution in [2.75, 3.05) is 5.33 Å². The van der Waals surface area contributed by atoms with E-state index in [1.807, 2.05) is 30.6 Å². The van der Waals surface area contributed by atoms with Crippen LogP contribution in [0.25, 0.3) is 5.57 Å². The molecule has 2 aromatic rings. The van der Waals surface area contributed by atoms with Gasteiger partial charge in [0, 0.05) is 17.7 Å². The Morgan fingerprint density at radius 1 is 1.00 bits per heavy atom. The Hall–Kier alpha value is -1.41. The summed E-state index contributed by atoms with van der Waals surface area (Å²) in [5.74, 6) is 0. The summed E-state index contributed by atoms with van der Waals surface area (Å²) < 4.78 is 0. The minimum Gasteiger partial charge on any atom is -0.265 e. The van der Waals surface area contributed by atoms with Crippen molar-refractivity contribution in [1.82, 2.24) is 4.98 Å². The quantitative estimate of drug-likeness (QED) is 0.764. The molecule has 0 fully saturated rings. The standard InChI is InChI=1S/C15H14BrN/c16-10-4-7-15(13-5-2-1-3-6-13)14-8-11-17-12-9-14/h1-3,5-9,11-12H,4,10H2/b15-7-. The number of aromatic nitrogens is 1. The number of benzene rings is 1. The minimum atomic E-state index is 0.981. The zero-order valence-electron chi connectivity index (χ0n) is 9.51. The van der Waals surface area contributed by atoms with Crippen molar-refractivity contribution in [2.24, 2.45) is 0 Å². The van der Waals surface area contributed by atoms with Crippen molar-refractivity contribution in [3.63, 3.8) is 0 Å². The Bertz CT molecular complexity index is 435. The molecule has 0 amide bonds. The second-order valence-electron chi connectivity index (χ2n) is 3.70. The molecule has 17 heavy (non-hydrogen) atoms. The van der Waals surface area contributed by atoms with Crippen LogP contribution in [0.2, 0.25) is 0 Å². The Balaban J connectivity index is 2.40. The Morgan fingerprint density at radius 2 is 1.65 bits per heavy atom. The van der Waals surface area contributed by atoms with Crippen LogP contribution in [0, 0.1) is 0 Å². The van der Waals surface area contributed by atoms with Crippen LogP contribution in [0.3, 0.4) is 0 Å². The predicted molar refractivity (Wildman–Crippen MR) is 76.2 cm³/mol. The SMILES string of the molecule is BrCC/C=C(/c1ccccc1)c1ccncc1. The molecule has 0 aliphatic carbocycles. The highest BCUT2D eigenvalue weighted by Gasteiger charge is 2.03. The second kappa shape index (κ2) is 6.36. The lowest BCUT2D eigenvalue weighted by atomic mass is 9.98. The second-order valence-corrected chi connectivity index (χ2v) is 4.49. The molecule has 0 N–H and O–H groups in total. The highest BCUT2D eigenvalue weighted by atomic mass is 79.9. The fourth-order valence-electron chi connectivity index (χ4n) is 1.75. The molecule has 0 unspecified atom stereocenters. The zero-order chi connectivity index (χ0) is 11.9. The van der Waals surface area contributed by atoms with Gasteiger partial charge >= 0.3 is 0 Å². The maximum Gasteiger partial charge on any atom is 0.0273 e. The van der Waals surface area contributed by atoms with Gasteiger partial charge in [0.15, 0.2) is 0 Å². The van der Waals surface area contributed by atoms with Gasteiger partial charge in [0.25, 0.3) is 0 Å². The number of nitrogens with zero attached hydrogens (tertiary/aromatic N) is 1. The number of alkyl halides is 1. The topological polar surface area (TPSA) is 12.9 Å². The summed E-state index contributed by atoms with van der Waals surface area (Å²) in [6, 6.07) is 14.6. The zero-order valence-corrected chi connectivity index (χ0v) is 11.1. The van der Waals surface area contributed by atoms with Gasteiger partial charge in [0.2, 0.25) is 0 Å². The predicted octanol–water partition coefficient (Wildman–Crippen LogP) is 4.30. The first-order valence-corrected chi connectivity index (χ1v) is 6.76. The molecule has 0 radical (unpaired) electrons. The van der Waals surface area contributed by atoms with E-state index in [9.17, 15) is 0 Å². The fourth-order valence-corrected chi connectivity index (χ4v) is 1.98. The fraction of sp³-hybridized carbons (Fsp3) is 0.133. The van der Waals surface area contributed by atoms with Gasteiger partial charge < -0.3 is 0 Å².